The van der Waals surface area contributed by atoms with E-state index < -0.39 is 0 Å². The van der Waals surface area contributed by atoms with Crippen LogP contribution in [0.2, 0.25) is 10.0 Å². The molecule has 2 heteroatoms. The van der Waals surface area contributed by atoms with E-state index in [0.29, 0.717) is 23.7 Å². The Kier molecular flexibility index (Phi) is 16.5. The van der Waals surface area contributed by atoms with Gasteiger partial charge < -0.3 is 0 Å². The lowest BCUT2D eigenvalue weighted by Crippen LogP contribution is -1.89. The Balaban J connectivity index is 0.000000254. The van der Waals surface area contributed by atoms with E-state index in [4.69, 9.17) is 23.2 Å². The summed E-state index contributed by atoms with van der Waals surface area (Å²) in [5.41, 5.74) is 5.28. The van der Waals surface area contributed by atoms with Crippen LogP contribution in [0.25, 0.3) is 0 Å². The van der Waals surface area contributed by atoms with Crippen LogP contribution >= 0.6 is 23.2 Å². The minimum atomic E-state index is 0.385. The van der Waals surface area contributed by atoms with Gasteiger partial charge in [0.1, 0.15) is 0 Å². The molecule has 0 aliphatic carbocycles. The Hall–Kier alpha value is -2.54. The maximum absolute atomic E-state index is 5.94. The average Bonchev–Trinajstić information content (AvgIpc) is 2.91. The maximum atomic E-state index is 5.94. The van der Waals surface area contributed by atoms with Gasteiger partial charge in [0, 0.05) is 10.0 Å². The van der Waals surface area contributed by atoms with Crippen molar-refractivity contribution in [2.24, 2.45) is 0 Å². The Morgan fingerprint density at radius 2 is 0.605 bits per heavy atom. The first kappa shape index (κ1) is 33.5. The second-order valence-corrected chi connectivity index (χ2v) is 11.3. The zero-order valence-corrected chi connectivity index (χ0v) is 26.0. The van der Waals surface area contributed by atoms with Gasteiger partial charge in [0.25, 0.3) is 0 Å². The zero-order valence-electron chi connectivity index (χ0n) is 24.5. The lowest BCUT2D eigenvalue weighted by atomic mass is 10.0. The number of hydrogen-bond acceptors (Lipinski definition) is 0. The zero-order chi connectivity index (χ0) is 28.5. The first-order chi connectivity index (χ1) is 18.0. The molecule has 0 spiro atoms. The molecule has 0 fully saturated rings. The van der Waals surface area contributed by atoms with Gasteiger partial charge in [-0.2, -0.15) is 0 Å². The fourth-order valence-electron chi connectivity index (χ4n) is 3.58. The van der Waals surface area contributed by atoms with Crippen LogP contribution in [0.4, 0.5) is 0 Å². The summed E-state index contributed by atoms with van der Waals surface area (Å²) < 4.78 is 0. The van der Waals surface area contributed by atoms with Crippen LogP contribution in [0.3, 0.4) is 0 Å². The van der Waals surface area contributed by atoms with E-state index in [9.17, 15) is 0 Å². The number of benzene rings is 4. The smallest absolute Gasteiger partial charge is 0.0455 e. The molecule has 4 rings (SSSR count). The Morgan fingerprint density at radius 1 is 0.342 bits per heavy atom. The van der Waals surface area contributed by atoms with E-state index in [2.05, 4.69) is 128 Å². The molecule has 0 bridgehead atoms. The molecule has 0 unspecified atom stereocenters. The molecule has 0 N–H and O–H groups in total. The van der Waals surface area contributed by atoms with Crippen molar-refractivity contribution in [1.82, 2.24) is 0 Å². The van der Waals surface area contributed by atoms with E-state index in [1.54, 1.807) is 0 Å². The second kappa shape index (κ2) is 18.7. The molecule has 0 aromatic heterocycles. The highest BCUT2D eigenvalue weighted by atomic mass is 35.5. The van der Waals surface area contributed by atoms with Gasteiger partial charge in [-0.3, -0.25) is 0 Å². The fraction of sp³-hybridized carbons (Fsp3) is 0.333. The Bertz CT molecular complexity index is 992. The molecule has 204 valence electrons. The van der Waals surface area contributed by atoms with Crippen molar-refractivity contribution in [3.05, 3.63) is 141 Å². The summed E-state index contributed by atoms with van der Waals surface area (Å²) >= 11 is 11.9. The molecular formula is C36H46Cl2. The third-order valence-electron chi connectivity index (χ3n) is 5.98. The topological polar surface area (TPSA) is 0 Å². The molecule has 0 radical (unpaired) electrons. The van der Waals surface area contributed by atoms with Gasteiger partial charge in [-0.1, -0.05) is 176 Å². The quantitative estimate of drug-likeness (QED) is 0.237. The van der Waals surface area contributed by atoms with Crippen molar-refractivity contribution < 1.29 is 0 Å². The molecule has 0 amide bonds. The van der Waals surface area contributed by atoms with Gasteiger partial charge in [-0.05, 0) is 58.1 Å². The standard InChI is InChI=1S/C9H10Cl2.3C9H12/c1-6(2)9-7(10)4-3-5-8(9)11;3*1-8(2)9-6-4-3-5-7-9/h3-6H,1-2H3;3*3-8H,1-2H3. The summed E-state index contributed by atoms with van der Waals surface area (Å²) in [5.74, 6) is 2.36. The summed E-state index contributed by atoms with van der Waals surface area (Å²) in [7, 11) is 0. The third kappa shape index (κ3) is 13.3. The Labute approximate surface area is 243 Å². The normalized spacial score (nSPS) is 10.3. The molecule has 0 atom stereocenters. The molecule has 38 heavy (non-hydrogen) atoms. The van der Waals surface area contributed by atoms with Gasteiger partial charge in [0.05, 0.1) is 0 Å². The summed E-state index contributed by atoms with van der Waals surface area (Å²) in [4.78, 5) is 0. The minimum Gasteiger partial charge on any atom is -0.0840 e. The van der Waals surface area contributed by atoms with Gasteiger partial charge in [0.15, 0.2) is 0 Å². The highest BCUT2D eigenvalue weighted by Crippen LogP contribution is 2.30. The van der Waals surface area contributed by atoms with Gasteiger partial charge >= 0.3 is 0 Å². The molecule has 0 heterocycles. The summed E-state index contributed by atoms with van der Waals surface area (Å²) in [6.45, 7) is 17.4. The van der Waals surface area contributed by atoms with Crippen LogP contribution in [0.1, 0.15) is 101 Å². The van der Waals surface area contributed by atoms with Crippen LogP contribution in [0.15, 0.2) is 109 Å². The number of rotatable bonds is 4. The summed E-state index contributed by atoms with van der Waals surface area (Å²) in [5, 5.41) is 1.51. The van der Waals surface area contributed by atoms with Crippen LogP contribution in [0.5, 0.6) is 0 Å². The molecule has 4 aromatic carbocycles. The molecular weight excluding hydrogens is 503 g/mol. The SMILES string of the molecule is CC(C)c1c(Cl)cccc1Cl.CC(C)c1ccccc1.CC(C)c1ccccc1.CC(C)c1ccccc1. The molecule has 0 saturated carbocycles. The molecule has 4 aromatic rings. The first-order valence-electron chi connectivity index (χ1n) is 13.6. The minimum absolute atomic E-state index is 0.385. The fourth-order valence-corrected chi connectivity index (χ4v) is 4.41. The van der Waals surface area contributed by atoms with Crippen LogP contribution in [-0.4, -0.2) is 0 Å². The monoisotopic (exact) mass is 548 g/mol. The highest BCUT2D eigenvalue weighted by Gasteiger charge is 2.08. The van der Waals surface area contributed by atoms with Crippen molar-refractivity contribution in [1.29, 1.82) is 0 Å². The molecule has 0 aliphatic heterocycles. The molecule has 0 saturated heterocycles. The van der Waals surface area contributed by atoms with E-state index >= 15 is 0 Å². The largest absolute Gasteiger partial charge is 0.0840 e. The van der Waals surface area contributed by atoms with Crippen molar-refractivity contribution >= 4 is 23.2 Å². The van der Waals surface area contributed by atoms with Crippen molar-refractivity contribution in [2.75, 3.05) is 0 Å². The van der Waals surface area contributed by atoms with Gasteiger partial charge in [0.2, 0.25) is 0 Å². The number of halogens is 2. The van der Waals surface area contributed by atoms with Crippen molar-refractivity contribution in [3.8, 4) is 0 Å². The van der Waals surface area contributed by atoms with Crippen LogP contribution < -0.4 is 0 Å². The molecule has 0 aliphatic rings. The van der Waals surface area contributed by atoms with E-state index in [1.165, 1.54) is 16.7 Å². The van der Waals surface area contributed by atoms with Gasteiger partial charge in [-0.25, -0.2) is 0 Å². The summed E-state index contributed by atoms with van der Waals surface area (Å²) in [6.07, 6.45) is 0. The van der Waals surface area contributed by atoms with Crippen LogP contribution in [-0.2, 0) is 0 Å². The molecule has 0 nitrogen and oxygen atoms in total. The predicted molar refractivity (Wildman–Crippen MR) is 172 cm³/mol. The van der Waals surface area contributed by atoms with Crippen molar-refractivity contribution in [2.45, 2.75) is 79.1 Å². The number of hydrogen-bond donors (Lipinski definition) is 0. The first-order valence-corrected chi connectivity index (χ1v) is 14.4. The van der Waals surface area contributed by atoms with E-state index in [-0.39, 0.29) is 0 Å². The second-order valence-electron chi connectivity index (χ2n) is 10.5. The van der Waals surface area contributed by atoms with E-state index in [0.717, 1.165) is 15.6 Å². The predicted octanol–water partition coefficient (Wildman–Crippen LogP) is 12.5. The average molecular weight is 550 g/mol. The lowest BCUT2D eigenvalue weighted by molar-refractivity contribution is 0.867. The van der Waals surface area contributed by atoms with Gasteiger partial charge in [-0.15, -0.1) is 0 Å². The van der Waals surface area contributed by atoms with Crippen LogP contribution in [0, 0.1) is 0 Å². The third-order valence-corrected chi connectivity index (χ3v) is 6.63. The lowest BCUT2D eigenvalue weighted by Gasteiger charge is -2.09. The van der Waals surface area contributed by atoms with Crippen molar-refractivity contribution in [3.63, 3.8) is 0 Å². The maximum Gasteiger partial charge on any atom is 0.0455 e. The van der Waals surface area contributed by atoms with E-state index in [1.807, 2.05) is 36.4 Å². The Morgan fingerprint density at radius 3 is 0.763 bits per heavy atom. The highest BCUT2D eigenvalue weighted by molar-refractivity contribution is 6.36. The summed E-state index contributed by atoms with van der Waals surface area (Å²) in [6, 6.07) is 37.1.